The first-order valence-corrected chi connectivity index (χ1v) is 8.04. The topological polar surface area (TPSA) is 92.2 Å². The van der Waals surface area contributed by atoms with E-state index in [2.05, 4.69) is 31.2 Å². The van der Waals surface area contributed by atoms with Crippen molar-refractivity contribution in [1.82, 2.24) is 15.3 Å². The van der Waals surface area contributed by atoms with Crippen LogP contribution in [0.25, 0.3) is 0 Å². The van der Waals surface area contributed by atoms with Crippen molar-refractivity contribution in [2.45, 2.75) is 24.8 Å². The number of benzene rings is 1. The minimum Gasteiger partial charge on any atom is -0.476 e. The van der Waals surface area contributed by atoms with Crippen LogP contribution in [0.2, 0.25) is 0 Å². The van der Waals surface area contributed by atoms with E-state index in [1.165, 1.54) is 6.07 Å². The van der Waals surface area contributed by atoms with Gasteiger partial charge in [0.15, 0.2) is 5.69 Å². The minimum atomic E-state index is -1.19. The number of aromatic carboxylic acids is 1. The van der Waals surface area contributed by atoms with Crippen molar-refractivity contribution < 1.29 is 19.1 Å². The highest BCUT2D eigenvalue weighted by Gasteiger charge is 2.32. The molecule has 1 fully saturated rings. The molecule has 2 aromatic rings. The molecule has 0 bridgehead atoms. The molecular formula is C16H13BrFN3O3. The van der Waals surface area contributed by atoms with E-state index in [4.69, 9.17) is 5.11 Å². The summed E-state index contributed by atoms with van der Waals surface area (Å²) in [6, 6.07) is 4.94. The average Bonchev–Trinajstić information content (AvgIpc) is 2.53. The zero-order valence-electron chi connectivity index (χ0n) is 12.4. The third-order valence-electron chi connectivity index (χ3n) is 3.99. The fraction of sp³-hybridized carbons (Fsp3) is 0.250. The Hall–Kier alpha value is -2.35. The van der Waals surface area contributed by atoms with E-state index in [9.17, 15) is 14.0 Å². The Balaban J connectivity index is 1.55. The summed E-state index contributed by atoms with van der Waals surface area (Å²) in [4.78, 5) is 30.2. The Morgan fingerprint density at radius 1 is 1.21 bits per heavy atom. The highest BCUT2D eigenvalue weighted by atomic mass is 79.9. The lowest BCUT2D eigenvalue weighted by Gasteiger charge is -2.36. The summed E-state index contributed by atoms with van der Waals surface area (Å²) in [5, 5.41) is 11.6. The van der Waals surface area contributed by atoms with Crippen molar-refractivity contribution >= 4 is 27.8 Å². The lowest BCUT2D eigenvalue weighted by molar-refractivity contribution is 0.0688. The first-order chi connectivity index (χ1) is 11.4. The molecule has 1 heterocycles. The molecule has 0 saturated heterocycles. The van der Waals surface area contributed by atoms with Crippen LogP contribution in [0.3, 0.4) is 0 Å². The molecule has 1 aliphatic carbocycles. The van der Waals surface area contributed by atoms with Crippen LogP contribution in [0.1, 0.15) is 45.3 Å². The van der Waals surface area contributed by atoms with Crippen molar-refractivity contribution in [3.05, 3.63) is 57.8 Å². The second-order valence-corrected chi connectivity index (χ2v) is 6.46. The standard InChI is InChI=1S/C16H13BrFN3O3/c17-11-5-8(1-2-12(11)18)9-3-10(4-9)21-15(22)13-6-20-14(7-19-13)16(23)24/h1-2,5-7,9-10H,3-4H2,(H,21,22)(H,23,24). The number of aromatic nitrogens is 2. The van der Waals surface area contributed by atoms with E-state index in [1.807, 2.05) is 0 Å². The second kappa shape index (κ2) is 6.64. The zero-order chi connectivity index (χ0) is 17.3. The number of carboxylic acid groups (broad SMARTS) is 1. The van der Waals surface area contributed by atoms with Gasteiger partial charge in [-0.15, -0.1) is 0 Å². The summed E-state index contributed by atoms with van der Waals surface area (Å²) in [5.74, 6) is -1.61. The van der Waals surface area contributed by atoms with Crippen LogP contribution >= 0.6 is 15.9 Å². The number of halogens is 2. The fourth-order valence-electron chi connectivity index (χ4n) is 2.59. The lowest BCUT2D eigenvalue weighted by Crippen LogP contribution is -2.43. The number of amides is 1. The van der Waals surface area contributed by atoms with E-state index >= 15 is 0 Å². The maximum atomic E-state index is 13.2. The van der Waals surface area contributed by atoms with E-state index in [0.29, 0.717) is 4.47 Å². The Morgan fingerprint density at radius 3 is 2.46 bits per heavy atom. The van der Waals surface area contributed by atoms with Gasteiger partial charge in [0.1, 0.15) is 11.5 Å². The van der Waals surface area contributed by atoms with E-state index in [0.717, 1.165) is 30.8 Å². The smallest absolute Gasteiger partial charge is 0.356 e. The molecule has 8 heteroatoms. The van der Waals surface area contributed by atoms with Crippen molar-refractivity contribution in [2.75, 3.05) is 0 Å². The van der Waals surface area contributed by atoms with E-state index < -0.39 is 5.97 Å². The summed E-state index contributed by atoms with van der Waals surface area (Å²) >= 11 is 3.17. The second-order valence-electron chi connectivity index (χ2n) is 5.60. The molecule has 1 saturated carbocycles. The first-order valence-electron chi connectivity index (χ1n) is 7.25. The van der Waals surface area contributed by atoms with Crippen molar-refractivity contribution in [2.24, 2.45) is 0 Å². The SMILES string of the molecule is O=C(O)c1cnc(C(=O)NC2CC(c3ccc(F)c(Br)c3)C2)cn1. The number of hydrogen-bond acceptors (Lipinski definition) is 4. The highest BCUT2D eigenvalue weighted by Crippen LogP contribution is 2.38. The molecule has 0 aliphatic heterocycles. The molecule has 0 spiro atoms. The molecule has 6 nitrogen and oxygen atoms in total. The van der Waals surface area contributed by atoms with Gasteiger partial charge in [0.2, 0.25) is 0 Å². The third-order valence-corrected chi connectivity index (χ3v) is 4.60. The Morgan fingerprint density at radius 2 is 1.88 bits per heavy atom. The van der Waals surface area contributed by atoms with Gasteiger partial charge in [-0.05, 0) is 52.4 Å². The molecule has 0 atom stereocenters. The van der Waals surface area contributed by atoms with Gasteiger partial charge in [-0.25, -0.2) is 19.2 Å². The molecule has 1 aromatic carbocycles. The predicted octanol–water partition coefficient (Wildman–Crippen LogP) is 2.75. The predicted molar refractivity (Wildman–Crippen MR) is 86.3 cm³/mol. The summed E-state index contributed by atoms with van der Waals surface area (Å²) in [7, 11) is 0. The molecule has 124 valence electrons. The van der Waals surface area contributed by atoms with Crippen LogP contribution in [-0.4, -0.2) is 33.0 Å². The third kappa shape index (κ3) is 3.43. The molecule has 3 rings (SSSR count). The van der Waals surface area contributed by atoms with Crippen LogP contribution in [0, 0.1) is 5.82 Å². The van der Waals surface area contributed by atoms with Crippen molar-refractivity contribution in [1.29, 1.82) is 0 Å². The van der Waals surface area contributed by atoms with Gasteiger partial charge in [-0.3, -0.25) is 4.79 Å². The Labute approximate surface area is 145 Å². The molecule has 24 heavy (non-hydrogen) atoms. The number of carboxylic acids is 1. The van der Waals surface area contributed by atoms with Crippen LogP contribution in [0.5, 0.6) is 0 Å². The van der Waals surface area contributed by atoms with Gasteiger partial charge in [0, 0.05) is 6.04 Å². The first kappa shape index (κ1) is 16.5. The molecule has 1 aromatic heterocycles. The van der Waals surface area contributed by atoms with Crippen LogP contribution in [0.15, 0.2) is 35.1 Å². The number of nitrogens with zero attached hydrogens (tertiary/aromatic N) is 2. The maximum Gasteiger partial charge on any atom is 0.356 e. The van der Waals surface area contributed by atoms with Crippen LogP contribution in [0.4, 0.5) is 4.39 Å². The largest absolute Gasteiger partial charge is 0.476 e. The quantitative estimate of drug-likeness (QED) is 0.832. The normalized spacial score (nSPS) is 19.4. The van der Waals surface area contributed by atoms with Gasteiger partial charge in [-0.2, -0.15) is 0 Å². The van der Waals surface area contributed by atoms with Gasteiger partial charge in [0.05, 0.1) is 16.9 Å². The number of nitrogens with one attached hydrogen (secondary N) is 1. The Bertz CT molecular complexity index is 792. The molecule has 2 N–H and O–H groups in total. The summed E-state index contributed by atoms with van der Waals surface area (Å²) in [5.41, 5.74) is 0.893. The Kier molecular flexibility index (Phi) is 4.57. The van der Waals surface area contributed by atoms with E-state index in [1.54, 1.807) is 12.1 Å². The zero-order valence-corrected chi connectivity index (χ0v) is 14.0. The van der Waals surface area contributed by atoms with Gasteiger partial charge >= 0.3 is 5.97 Å². The van der Waals surface area contributed by atoms with Crippen molar-refractivity contribution in [3.63, 3.8) is 0 Å². The number of rotatable bonds is 4. The molecule has 1 aliphatic rings. The summed E-state index contributed by atoms with van der Waals surface area (Å²) in [6.07, 6.45) is 3.71. The minimum absolute atomic E-state index is 0.00674. The monoisotopic (exact) mass is 393 g/mol. The molecule has 1 amide bonds. The van der Waals surface area contributed by atoms with Crippen LogP contribution < -0.4 is 5.32 Å². The number of carbonyl (C=O) groups excluding carboxylic acids is 1. The average molecular weight is 394 g/mol. The maximum absolute atomic E-state index is 13.2. The molecular weight excluding hydrogens is 381 g/mol. The van der Waals surface area contributed by atoms with Gasteiger partial charge < -0.3 is 10.4 Å². The highest BCUT2D eigenvalue weighted by molar-refractivity contribution is 9.10. The molecule has 0 unspecified atom stereocenters. The van der Waals surface area contributed by atoms with E-state index in [-0.39, 0.29) is 35.1 Å². The summed E-state index contributed by atoms with van der Waals surface area (Å²) < 4.78 is 13.7. The van der Waals surface area contributed by atoms with Crippen LogP contribution in [-0.2, 0) is 0 Å². The van der Waals surface area contributed by atoms with Gasteiger partial charge in [0.25, 0.3) is 5.91 Å². The fourth-order valence-corrected chi connectivity index (χ4v) is 2.99. The lowest BCUT2D eigenvalue weighted by atomic mass is 9.76. The number of hydrogen-bond donors (Lipinski definition) is 2. The van der Waals surface area contributed by atoms with Crippen molar-refractivity contribution in [3.8, 4) is 0 Å². The van der Waals surface area contributed by atoms with Gasteiger partial charge in [-0.1, -0.05) is 6.07 Å². The number of carbonyl (C=O) groups is 2. The summed E-state index contributed by atoms with van der Waals surface area (Å²) in [6.45, 7) is 0. The molecule has 0 radical (unpaired) electrons.